The van der Waals surface area contributed by atoms with E-state index < -0.39 is 0 Å². The molecule has 0 spiro atoms. The summed E-state index contributed by atoms with van der Waals surface area (Å²) in [6.45, 7) is 9.47. The number of hydrogen-bond donors (Lipinski definition) is 2. The number of carbonyl (C=O) groups excluding carboxylic acids is 7. The van der Waals surface area contributed by atoms with Crippen molar-refractivity contribution in [2.75, 3.05) is 113 Å². The van der Waals surface area contributed by atoms with Crippen LogP contribution in [0, 0.1) is 13.8 Å². The van der Waals surface area contributed by atoms with Gasteiger partial charge in [-0.3, -0.25) is 58.4 Å². The largest absolute Gasteiger partial charge is 0.494 e. The first-order chi connectivity index (χ1) is 65.1. The molecule has 8 aromatic carbocycles. The van der Waals surface area contributed by atoms with E-state index in [-0.39, 0.29) is 65.5 Å². The van der Waals surface area contributed by atoms with Gasteiger partial charge < -0.3 is 78.3 Å². The first kappa shape index (κ1) is 93.0. The van der Waals surface area contributed by atoms with Gasteiger partial charge in [-0.05, 0) is 235 Å². The fourth-order valence-electron chi connectivity index (χ4n) is 17.5. The number of nitrogens with zero attached hydrogens (tertiary/aromatic N) is 11. The number of nitrogens with one attached hydrogen (secondary N) is 1. The summed E-state index contributed by atoms with van der Waals surface area (Å²) in [7, 11) is 11.3. The summed E-state index contributed by atoms with van der Waals surface area (Å²) in [5.41, 5.74) is 21.6. The Hall–Kier alpha value is -14.3. The van der Waals surface area contributed by atoms with Gasteiger partial charge in [0.15, 0.2) is 23.0 Å². The number of rotatable bonds is 39. The minimum Gasteiger partial charge on any atom is -0.494 e. The van der Waals surface area contributed by atoms with Crippen molar-refractivity contribution in [3.8, 4) is 46.0 Å². The van der Waals surface area contributed by atoms with Crippen LogP contribution in [-0.4, -0.2) is 226 Å². The number of nitrogen functional groups attached to an aromatic ring is 1. The minimum atomic E-state index is -0.290. The lowest BCUT2D eigenvalue weighted by molar-refractivity contribution is -0.137. The van der Waals surface area contributed by atoms with Crippen molar-refractivity contribution in [2.45, 2.75) is 141 Å². The van der Waals surface area contributed by atoms with Gasteiger partial charge in [0.25, 0.3) is 35.4 Å². The van der Waals surface area contributed by atoms with E-state index in [0.717, 1.165) is 144 Å². The highest BCUT2D eigenvalue weighted by Crippen LogP contribution is 2.45. The first-order valence-electron chi connectivity index (χ1n) is 46.2. The zero-order valence-corrected chi connectivity index (χ0v) is 77.2. The average molecular weight is 1810 g/mol. The molecule has 0 aliphatic carbocycles. The molecule has 0 radical (unpaired) electrons. The fraction of sp³-hybridized carbons (Fsp3) is 0.349. The number of unbranched alkanes of at least 4 members (excludes halogenated alkanes) is 6. The van der Waals surface area contributed by atoms with Gasteiger partial charge in [0.05, 0.1) is 123 Å². The number of aryl methyl sites for hydroxylation is 2. The molecule has 0 aromatic heterocycles. The smallest absolute Gasteiger partial charge is 0.260 e. The summed E-state index contributed by atoms with van der Waals surface area (Å²) in [5, 5.41) is 2.94. The van der Waals surface area contributed by atoms with Crippen molar-refractivity contribution in [1.82, 2.24) is 34.3 Å². The van der Waals surface area contributed by atoms with Crippen LogP contribution in [0.25, 0.3) is 22.3 Å². The number of fused-ring (bicyclic) bond motifs is 8. The van der Waals surface area contributed by atoms with Crippen LogP contribution in [0.1, 0.15) is 178 Å². The summed E-state index contributed by atoms with van der Waals surface area (Å²) in [6.07, 6.45) is 29.4. The van der Waals surface area contributed by atoms with E-state index in [2.05, 4.69) is 67.6 Å². The Morgan fingerprint density at radius 2 is 0.701 bits per heavy atom. The van der Waals surface area contributed by atoms with Crippen LogP contribution in [0.4, 0.5) is 34.1 Å². The number of methoxy groups -OCH3 is 2. The molecule has 694 valence electrons. The molecular formula is C106H115N13O15. The van der Waals surface area contributed by atoms with E-state index in [1.54, 1.807) is 64.3 Å². The predicted molar refractivity (Wildman–Crippen MR) is 521 cm³/mol. The zero-order valence-electron chi connectivity index (χ0n) is 77.2. The molecule has 0 bridgehead atoms. The van der Waals surface area contributed by atoms with Crippen LogP contribution in [-0.2, 0) is 14.4 Å². The van der Waals surface area contributed by atoms with E-state index in [0.29, 0.717) is 176 Å². The minimum absolute atomic E-state index is 0.0657. The van der Waals surface area contributed by atoms with E-state index in [9.17, 15) is 33.6 Å². The third kappa shape index (κ3) is 22.2. The molecule has 9 aliphatic heterocycles. The standard InChI is InChI=1S/C58H63N7O9.C48H52N6O6/c1-38-28-47-49(59-34-44-30-42(37-64(44)57(47)69)40-15-19-46(20-16-40)72-27-11-23-62(2)3)32-51(38)73-25-9-6-10-26-74-53-33-50-48(31-52(53)71-4)58(70)65-36-41(29-45(65)35-60-50)39-13-17-43(18-14-39)61-54(66)12-7-5-8-24-63-55(67)21-22-56(63)68;1-31-21-40-42(50-27-37-23-35(30-53(37)47(40)55)33-11-15-39(16-12-33)58-20-8-17-52(2)3)25-44(31)59-18-6-5-7-19-60-46-26-43-41(24-45(46)57-4)48(56)54-29-34(22-38(54)28-51-43)32-9-13-36(49)14-10-32/h13-22,28,31-37,44-45H,5-12,23-27,29-30H2,1-4H3,(H,61,66);9-16,21,24-30,37-38H,5-8,17-20,22-23,49H2,1-4H3/t44-,45-;37-,38-/m00/s1. The second kappa shape index (κ2) is 43.0. The number of amides is 7. The van der Waals surface area contributed by atoms with E-state index >= 15 is 0 Å². The summed E-state index contributed by atoms with van der Waals surface area (Å²) in [6, 6.07) is 45.1. The van der Waals surface area contributed by atoms with Gasteiger partial charge in [0.1, 0.15) is 23.0 Å². The summed E-state index contributed by atoms with van der Waals surface area (Å²) in [4.78, 5) is 123. The van der Waals surface area contributed by atoms with Crippen molar-refractivity contribution < 1.29 is 71.5 Å². The second-order valence-electron chi connectivity index (χ2n) is 35.3. The number of nitrogens with two attached hydrogens (primary N) is 1. The molecule has 8 aromatic rings. The van der Waals surface area contributed by atoms with Gasteiger partial charge in [-0.25, -0.2) is 0 Å². The fourth-order valence-corrected chi connectivity index (χ4v) is 17.5. The normalized spacial score (nSPS) is 17.6. The van der Waals surface area contributed by atoms with Gasteiger partial charge in [-0.15, -0.1) is 0 Å². The van der Waals surface area contributed by atoms with Gasteiger partial charge in [0, 0.05) is 149 Å². The SMILES string of the molecule is COc1cc2c(cc1OCCCCCOc1cc3c(cc1C)C(=O)N1C=C(c4ccc(OCCCN(C)C)cc4)C[C@H]1C=N3)N=C[C@@H]1CC(c3ccc(N)cc3)=CN1C2=O.COc1cc2c(cc1OCCCCCOc1cc3c(cc1C)C(=O)N1C=C(c4ccc(OCCCN(C)C)cc4)C[C@H]1C=N3)N=C[C@@H]1CC(c3ccc(NC(=O)CCCCCN4C(=O)C=CC4=O)cc3)=CN1C2=O. The molecule has 9 heterocycles. The van der Waals surface area contributed by atoms with Crippen molar-refractivity contribution >= 4 is 123 Å². The van der Waals surface area contributed by atoms with Gasteiger partial charge >= 0.3 is 0 Å². The van der Waals surface area contributed by atoms with Gasteiger partial charge in [-0.2, -0.15) is 0 Å². The highest BCUT2D eigenvalue weighted by molar-refractivity contribution is 6.13. The number of carbonyl (C=O) groups is 7. The van der Waals surface area contributed by atoms with Crippen LogP contribution < -0.4 is 48.9 Å². The van der Waals surface area contributed by atoms with Gasteiger partial charge in [0.2, 0.25) is 5.91 Å². The zero-order chi connectivity index (χ0) is 93.5. The van der Waals surface area contributed by atoms with E-state index in [4.69, 9.17) is 63.6 Å². The number of imide groups is 1. The number of ether oxygens (including phenoxy) is 8. The quantitative estimate of drug-likeness (QED) is 0.0205. The highest BCUT2D eigenvalue weighted by atomic mass is 16.5. The third-order valence-corrected chi connectivity index (χ3v) is 25.0. The van der Waals surface area contributed by atoms with Crippen LogP contribution in [0.15, 0.2) is 203 Å². The maximum atomic E-state index is 14.0. The van der Waals surface area contributed by atoms with E-state index in [1.165, 1.54) is 17.1 Å². The summed E-state index contributed by atoms with van der Waals surface area (Å²) < 4.78 is 48.0. The van der Waals surface area contributed by atoms with Crippen molar-refractivity contribution in [1.29, 1.82) is 0 Å². The molecule has 28 nitrogen and oxygen atoms in total. The van der Waals surface area contributed by atoms with Crippen LogP contribution >= 0.6 is 0 Å². The molecule has 0 saturated heterocycles. The Morgan fingerprint density at radius 1 is 0.381 bits per heavy atom. The van der Waals surface area contributed by atoms with Crippen molar-refractivity contribution in [2.24, 2.45) is 20.0 Å². The van der Waals surface area contributed by atoms with E-state index in [1.807, 2.05) is 154 Å². The lowest BCUT2D eigenvalue weighted by Crippen LogP contribution is -2.32. The molecule has 9 aliphatic rings. The highest BCUT2D eigenvalue weighted by Gasteiger charge is 2.39. The lowest BCUT2D eigenvalue weighted by atomic mass is 10.0. The molecule has 7 amide bonds. The molecule has 0 saturated carbocycles. The van der Waals surface area contributed by atoms with Crippen molar-refractivity contribution in [3.05, 3.63) is 238 Å². The Balaban J connectivity index is 0.000000199. The van der Waals surface area contributed by atoms with Gasteiger partial charge in [-0.1, -0.05) is 55.0 Å². The molecule has 134 heavy (non-hydrogen) atoms. The molecule has 0 unspecified atom stereocenters. The second-order valence-corrected chi connectivity index (χ2v) is 35.3. The molecule has 28 heteroatoms. The molecule has 0 fully saturated rings. The summed E-state index contributed by atoms with van der Waals surface area (Å²) in [5.74, 6) is 3.94. The maximum Gasteiger partial charge on any atom is 0.260 e. The molecule has 3 N–H and O–H groups in total. The predicted octanol–water partition coefficient (Wildman–Crippen LogP) is 17.8. The maximum absolute atomic E-state index is 14.0. The Kier molecular flexibility index (Phi) is 29.8. The van der Waals surface area contributed by atoms with Crippen molar-refractivity contribution in [3.63, 3.8) is 0 Å². The lowest BCUT2D eigenvalue weighted by Gasteiger charge is -2.19. The molecular weight excluding hydrogens is 1700 g/mol. The van der Waals surface area contributed by atoms with Crippen LogP contribution in [0.3, 0.4) is 0 Å². The average Bonchev–Trinajstić information content (AvgIpc) is 1.64. The monoisotopic (exact) mass is 1810 g/mol. The molecule has 17 rings (SSSR count). The number of benzene rings is 8. The van der Waals surface area contributed by atoms with Crippen LogP contribution in [0.5, 0.6) is 46.0 Å². The van der Waals surface area contributed by atoms with Crippen LogP contribution in [0.2, 0.25) is 0 Å². The Morgan fingerprint density at radius 3 is 1.06 bits per heavy atom. The topological polar surface area (TPSA) is 304 Å². The molecule has 4 atom stereocenters. The summed E-state index contributed by atoms with van der Waals surface area (Å²) >= 11 is 0. The number of aliphatic imine (C=N–C) groups is 4. The third-order valence-electron chi connectivity index (χ3n) is 25.0. The Labute approximate surface area is 781 Å². The Bertz CT molecular complexity index is 6010. The number of hydrogen-bond acceptors (Lipinski definition) is 22. The first-order valence-corrected chi connectivity index (χ1v) is 46.2. The number of anilines is 2.